The fourth-order valence-electron chi connectivity index (χ4n) is 1.47. The van der Waals surface area contributed by atoms with Crippen LogP contribution in [0.2, 0.25) is 0 Å². The molecule has 0 aliphatic carbocycles. The lowest BCUT2D eigenvalue weighted by Gasteiger charge is -2.07. The third-order valence-electron chi connectivity index (χ3n) is 2.50. The van der Waals surface area contributed by atoms with Crippen LogP contribution >= 0.6 is 22.6 Å². The lowest BCUT2D eigenvalue weighted by atomic mass is 10.3. The summed E-state index contributed by atoms with van der Waals surface area (Å²) >= 11 is 2.27. The number of aryl methyl sites for hydroxylation is 1. The molecule has 0 spiro atoms. The Morgan fingerprint density at radius 3 is 2.72 bits per heavy atom. The molecule has 0 aliphatic rings. The van der Waals surface area contributed by atoms with E-state index in [0.717, 1.165) is 17.1 Å². The molecule has 4 nitrogen and oxygen atoms in total. The van der Waals surface area contributed by atoms with E-state index in [0.29, 0.717) is 12.4 Å². The predicted molar refractivity (Wildman–Crippen MR) is 79.8 cm³/mol. The normalized spacial score (nSPS) is 10.2. The van der Waals surface area contributed by atoms with Gasteiger partial charge in [-0.05, 0) is 47.2 Å². The molecule has 2 aromatic heterocycles. The Morgan fingerprint density at radius 1 is 1.28 bits per heavy atom. The second-order valence-electron chi connectivity index (χ2n) is 3.83. The number of halogens is 1. The molecule has 18 heavy (non-hydrogen) atoms. The van der Waals surface area contributed by atoms with Crippen molar-refractivity contribution in [2.24, 2.45) is 0 Å². The summed E-state index contributed by atoms with van der Waals surface area (Å²) in [7, 11) is 1.61. The molecule has 0 radical (unpaired) electrons. The highest BCUT2D eigenvalue weighted by molar-refractivity contribution is 14.1. The molecule has 2 heterocycles. The Balaban J connectivity index is 1.99. The molecule has 0 saturated heterocycles. The quantitative estimate of drug-likeness (QED) is 0.857. The number of ether oxygens (including phenoxy) is 1. The summed E-state index contributed by atoms with van der Waals surface area (Å²) in [4.78, 5) is 8.62. The molecule has 0 atom stereocenters. The molecule has 5 heteroatoms. The summed E-state index contributed by atoms with van der Waals surface area (Å²) in [6.07, 6.45) is 1.80. The lowest BCUT2D eigenvalue weighted by Crippen LogP contribution is -2.03. The Labute approximate surface area is 120 Å². The van der Waals surface area contributed by atoms with Crippen molar-refractivity contribution in [2.75, 3.05) is 12.4 Å². The average Bonchev–Trinajstić information content (AvgIpc) is 2.41. The van der Waals surface area contributed by atoms with E-state index >= 15 is 0 Å². The van der Waals surface area contributed by atoms with Crippen molar-refractivity contribution in [3.8, 4) is 5.88 Å². The molecular weight excluding hydrogens is 341 g/mol. The molecule has 0 aromatic carbocycles. The van der Waals surface area contributed by atoms with Gasteiger partial charge in [0.15, 0.2) is 0 Å². The Kier molecular flexibility index (Phi) is 4.35. The van der Waals surface area contributed by atoms with Crippen LogP contribution in [0.15, 0.2) is 30.5 Å². The SMILES string of the molecule is COc1ccc(CNc2ccc(I)c(C)n2)cn1. The number of nitrogens with zero attached hydrogens (tertiary/aromatic N) is 2. The molecule has 0 bridgehead atoms. The van der Waals surface area contributed by atoms with Crippen LogP contribution in [-0.2, 0) is 6.54 Å². The van der Waals surface area contributed by atoms with Gasteiger partial charge in [0, 0.05) is 22.4 Å². The fourth-order valence-corrected chi connectivity index (χ4v) is 1.77. The van der Waals surface area contributed by atoms with Crippen molar-refractivity contribution in [3.63, 3.8) is 0 Å². The second-order valence-corrected chi connectivity index (χ2v) is 4.99. The van der Waals surface area contributed by atoms with Crippen molar-refractivity contribution in [3.05, 3.63) is 45.3 Å². The topological polar surface area (TPSA) is 47.0 Å². The lowest BCUT2D eigenvalue weighted by molar-refractivity contribution is 0.397. The minimum atomic E-state index is 0.627. The van der Waals surface area contributed by atoms with Crippen LogP contribution in [0.3, 0.4) is 0 Å². The van der Waals surface area contributed by atoms with E-state index < -0.39 is 0 Å². The van der Waals surface area contributed by atoms with Gasteiger partial charge in [-0.3, -0.25) is 0 Å². The first-order valence-corrected chi connectivity index (χ1v) is 6.63. The van der Waals surface area contributed by atoms with Crippen molar-refractivity contribution >= 4 is 28.4 Å². The minimum absolute atomic E-state index is 0.627. The highest BCUT2D eigenvalue weighted by atomic mass is 127. The highest BCUT2D eigenvalue weighted by Gasteiger charge is 2.00. The van der Waals surface area contributed by atoms with Gasteiger partial charge in [0.05, 0.1) is 12.8 Å². The molecule has 0 saturated carbocycles. The van der Waals surface area contributed by atoms with Gasteiger partial charge in [-0.2, -0.15) is 0 Å². The highest BCUT2D eigenvalue weighted by Crippen LogP contribution is 2.13. The summed E-state index contributed by atoms with van der Waals surface area (Å²) in [6, 6.07) is 7.87. The van der Waals surface area contributed by atoms with Crippen molar-refractivity contribution in [1.29, 1.82) is 0 Å². The minimum Gasteiger partial charge on any atom is -0.481 e. The summed E-state index contributed by atoms with van der Waals surface area (Å²) in [5, 5.41) is 3.27. The number of nitrogens with one attached hydrogen (secondary N) is 1. The van der Waals surface area contributed by atoms with Crippen molar-refractivity contribution < 1.29 is 4.74 Å². The number of rotatable bonds is 4. The standard InChI is InChI=1S/C13H14IN3O/c1-9-11(14)4-5-12(17-9)15-7-10-3-6-13(18-2)16-8-10/h3-6,8H,7H2,1-2H3,(H,15,17). The summed E-state index contributed by atoms with van der Waals surface area (Å²) < 4.78 is 6.19. The largest absolute Gasteiger partial charge is 0.481 e. The van der Waals surface area contributed by atoms with Gasteiger partial charge in [-0.1, -0.05) is 6.07 Å². The molecule has 2 aromatic rings. The van der Waals surface area contributed by atoms with E-state index in [9.17, 15) is 0 Å². The zero-order valence-electron chi connectivity index (χ0n) is 10.3. The van der Waals surface area contributed by atoms with Gasteiger partial charge in [0.2, 0.25) is 5.88 Å². The first-order chi connectivity index (χ1) is 8.69. The van der Waals surface area contributed by atoms with Gasteiger partial charge in [-0.25, -0.2) is 9.97 Å². The van der Waals surface area contributed by atoms with Crippen molar-refractivity contribution in [1.82, 2.24) is 9.97 Å². The van der Waals surface area contributed by atoms with Gasteiger partial charge in [-0.15, -0.1) is 0 Å². The molecule has 0 fully saturated rings. The molecule has 2 rings (SSSR count). The van der Waals surface area contributed by atoms with Crippen LogP contribution in [-0.4, -0.2) is 17.1 Å². The molecule has 0 amide bonds. The number of anilines is 1. The number of methoxy groups -OCH3 is 1. The van der Waals surface area contributed by atoms with E-state index in [2.05, 4.69) is 43.9 Å². The Morgan fingerprint density at radius 2 is 2.11 bits per heavy atom. The zero-order valence-corrected chi connectivity index (χ0v) is 12.4. The summed E-state index contributed by atoms with van der Waals surface area (Å²) in [5.74, 6) is 1.51. The van der Waals surface area contributed by atoms with Crippen LogP contribution in [0.5, 0.6) is 5.88 Å². The van der Waals surface area contributed by atoms with Gasteiger partial charge in [0.25, 0.3) is 0 Å². The summed E-state index contributed by atoms with van der Waals surface area (Å²) in [6.45, 7) is 2.70. The number of aromatic nitrogens is 2. The number of hydrogen-bond donors (Lipinski definition) is 1. The molecular formula is C13H14IN3O. The third-order valence-corrected chi connectivity index (χ3v) is 3.64. The van der Waals surface area contributed by atoms with E-state index in [1.54, 1.807) is 13.3 Å². The number of hydrogen-bond acceptors (Lipinski definition) is 4. The second kappa shape index (κ2) is 5.99. The molecule has 1 N–H and O–H groups in total. The molecule has 0 aliphatic heterocycles. The maximum atomic E-state index is 5.02. The third kappa shape index (κ3) is 3.32. The maximum Gasteiger partial charge on any atom is 0.212 e. The fraction of sp³-hybridized carbons (Fsp3) is 0.231. The Bertz CT molecular complexity index is 528. The number of pyridine rings is 2. The van der Waals surface area contributed by atoms with E-state index in [-0.39, 0.29) is 0 Å². The van der Waals surface area contributed by atoms with E-state index in [4.69, 9.17) is 4.74 Å². The van der Waals surface area contributed by atoms with Gasteiger partial charge in [0.1, 0.15) is 5.82 Å². The van der Waals surface area contributed by atoms with Crippen LogP contribution < -0.4 is 10.1 Å². The first-order valence-electron chi connectivity index (χ1n) is 5.55. The first kappa shape index (κ1) is 13.1. The van der Waals surface area contributed by atoms with Crippen LogP contribution in [0, 0.1) is 10.5 Å². The van der Waals surface area contributed by atoms with E-state index in [1.807, 2.05) is 25.1 Å². The average molecular weight is 355 g/mol. The summed E-state index contributed by atoms with van der Waals surface area (Å²) in [5.41, 5.74) is 2.13. The maximum absolute atomic E-state index is 5.02. The van der Waals surface area contributed by atoms with Crippen LogP contribution in [0.1, 0.15) is 11.3 Å². The van der Waals surface area contributed by atoms with Gasteiger partial charge < -0.3 is 10.1 Å². The monoisotopic (exact) mass is 355 g/mol. The van der Waals surface area contributed by atoms with E-state index in [1.165, 1.54) is 3.57 Å². The van der Waals surface area contributed by atoms with Crippen molar-refractivity contribution in [2.45, 2.75) is 13.5 Å². The van der Waals surface area contributed by atoms with Gasteiger partial charge >= 0.3 is 0 Å². The molecule has 94 valence electrons. The Hall–Kier alpha value is -1.37. The van der Waals surface area contributed by atoms with Crippen LogP contribution in [0.4, 0.5) is 5.82 Å². The zero-order chi connectivity index (χ0) is 13.0. The van der Waals surface area contributed by atoms with Crippen LogP contribution in [0.25, 0.3) is 0 Å². The molecule has 0 unspecified atom stereocenters. The predicted octanol–water partition coefficient (Wildman–Crippen LogP) is 3.01. The smallest absolute Gasteiger partial charge is 0.212 e.